The zero-order valence-electron chi connectivity index (χ0n) is 19.8. The van der Waals surface area contributed by atoms with Gasteiger partial charge in [0, 0.05) is 6.42 Å². The van der Waals surface area contributed by atoms with Crippen LogP contribution in [0.1, 0.15) is 101 Å². The molecule has 1 aliphatic carbocycles. The van der Waals surface area contributed by atoms with Crippen molar-refractivity contribution in [2.24, 2.45) is 0 Å². The standard InChI is InChI=1S/C25H36FN3O2/c1-7-24(5,6)29-20-11-9-8-10-16-25(26,21(20)27-28-29)17-18-12-14-19(15-13-18)22(30)31-23(2,3)4/h12-15H,7-11,16-17H2,1-6H3. The van der Waals surface area contributed by atoms with E-state index >= 15 is 4.39 Å². The molecular weight excluding hydrogens is 393 g/mol. The second kappa shape index (κ2) is 8.71. The highest BCUT2D eigenvalue weighted by Gasteiger charge is 2.40. The number of carbonyl (C=O) groups excluding carboxylic acids is 1. The molecular formula is C25H36FN3O2. The molecule has 0 saturated carbocycles. The smallest absolute Gasteiger partial charge is 0.338 e. The molecule has 0 fully saturated rings. The number of halogens is 1. The summed E-state index contributed by atoms with van der Waals surface area (Å²) in [5, 5.41) is 8.77. The van der Waals surface area contributed by atoms with E-state index in [1.807, 2.05) is 37.6 Å². The molecule has 0 N–H and O–H groups in total. The average molecular weight is 430 g/mol. The van der Waals surface area contributed by atoms with Gasteiger partial charge in [0.05, 0.1) is 16.8 Å². The lowest BCUT2D eigenvalue weighted by molar-refractivity contribution is 0.00695. The van der Waals surface area contributed by atoms with Crippen LogP contribution in [0.3, 0.4) is 0 Å². The van der Waals surface area contributed by atoms with Crippen molar-refractivity contribution in [3.63, 3.8) is 0 Å². The quantitative estimate of drug-likeness (QED) is 0.555. The number of nitrogens with zero attached hydrogens (tertiary/aromatic N) is 3. The summed E-state index contributed by atoms with van der Waals surface area (Å²) in [4.78, 5) is 12.3. The molecule has 6 heteroatoms. The summed E-state index contributed by atoms with van der Waals surface area (Å²) < 4.78 is 23.8. The van der Waals surface area contributed by atoms with Gasteiger partial charge in [0.15, 0.2) is 5.67 Å². The minimum Gasteiger partial charge on any atom is -0.456 e. The Morgan fingerprint density at radius 3 is 2.42 bits per heavy atom. The largest absolute Gasteiger partial charge is 0.456 e. The topological polar surface area (TPSA) is 57.0 Å². The van der Waals surface area contributed by atoms with Crippen molar-refractivity contribution in [2.45, 2.75) is 103 Å². The van der Waals surface area contributed by atoms with Crippen LogP contribution in [0.4, 0.5) is 4.39 Å². The molecule has 3 rings (SSSR count). The molecule has 1 heterocycles. The summed E-state index contributed by atoms with van der Waals surface area (Å²) in [6.07, 6.45) is 5.21. The van der Waals surface area contributed by atoms with Gasteiger partial charge in [0.25, 0.3) is 0 Å². The number of aromatic nitrogens is 3. The molecule has 1 unspecified atom stereocenters. The van der Waals surface area contributed by atoms with Crippen LogP contribution < -0.4 is 0 Å². The van der Waals surface area contributed by atoms with Gasteiger partial charge in [0.2, 0.25) is 0 Å². The molecule has 2 aromatic rings. The maximum atomic E-state index is 16.5. The molecule has 0 aliphatic heterocycles. The fraction of sp³-hybridized carbons (Fsp3) is 0.640. The maximum Gasteiger partial charge on any atom is 0.338 e. The van der Waals surface area contributed by atoms with Gasteiger partial charge in [-0.2, -0.15) is 0 Å². The third kappa shape index (κ3) is 5.34. The van der Waals surface area contributed by atoms with Crippen molar-refractivity contribution in [2.75, 3.05) is 0 Å². The maximum absolute atomic E-state index is 16.5. The van der Waals surface area contributed by atoms with E-state index in [9.17, 15) is 4.79 Å². The van der Waals surface area contributed by atoms with Crippen LogP contribution in [0, 0.1) is 0 Å². The van der Waals surface area contributed by atoms with Crippen LogP contribution in [-0.4, -0.2) is 26.6 Å². The second-order valence-corrected chi connectivity index (χ2v) is 10.4. The van der Waals surface area contributed by atoms with Crippen LogP contribution >= 0.6 is 0 Å². The molecule has 1 atom stereocenters. The number of ether oxygens (including phenoxy) is 1. The predicted molar refractivity (Wildman–Crippen MR) is 120 cm³/mol. The van der Waals surface area contributed by atoms with E-state index in [1.165, 1.54) is 0 Å². The van der Waals surface area contributed by atoms with Gasteiger partial charge in [-0.05, 0) is 84.4 Å². The molecule has 0 radical (unpaired) electrons. The zero-order valence-corrected chi connectivity index (χ0v) is 19.8. The fourth-order valence-corrected chi connectivity index (χ4v) is 4.09. The number of hydrogen-bond acceptors (Lipinski definition) is 4. The Morgan fingerprint density at radius 2 is 1.81 bits per heavy atom. The molecule has 0 bridgehead atoms. The molecule has 31 heavy (non-hydrogen) atoms. The normalized spacial score (nSPS) is 20.0. The molecule has 0 saturated heterocycles. The van der Waals surface area contributed by atoms with Crippen molar-refractivity contribution >= 4 is 5.97 Å². The second-order valence-electron chi connectivity index (χ2n) is 10.4. The highest BCUT2D eigenvalue weighted by molar-refractivity contribution is 5.89. The lowest BCUT2D eigenvalue weighted by atomic mass is 9.83. The summed E-state index contributed by atoms with van der Waals surface area (Å²) in [7, 11) is 0. The SMILES string of the molecule is CCC(C)(C)n1nnc2c1CCCCCC2(F)Cc1ccc(C(=O)OC(C)(C)C)cc1. The van der Waals surface area contributed by atoms with Crippen LogP contribution in [0.25, 0.3) is 0 Å². The first-order chi connectivity index (χ1) is 14.5. The Morgan fingerprint density at radius 1 is 1.13 bits per heavy atom. The Bertz CT molecular complexity index is 912. The first-order valence-electron chi connectivity index (χ1n) is 11.4. The summed E-state index contributed by atoms with van der Waals surface area (Å²) in [6, 6.07) is 7.07. The van der Waals surface area contributed by atoms with E-state index in [4.69, 9.17) is 4.74 Å². The van der Waals surface area contributed by atoms with E-state index in [0.29, 0.717) is 17.7 Å². The van der Waals surface area contributed by atoms with Gasteiger partial charge in [-0.15, -0.1) is 5.10 Å². The monoisotopic (exact) mass is 429 g/mol. The van der Waals surface area contributed by atoms with Gasteiger partial charge in [-0.25, -0.2) is 13.9 Å². The van der Waals surface area contributed by atoms with Crippen molar-refractivity contribution in [1.82, 2.24) is 15.0 Å². The molecule has 170 valence electrons. The first-order valence-corrected chi connectivity index (χ1v) is 11.4. The average Bonchev–Trinajstić information content (AvgIpc) is 3.11. The van der Waals surface area contributed by atoms with Crippen molar-refractivity contribution in [1.29, 1.82) is 0 Å². The molecule has 1 aromatic heterocycles. The van der Waals surface area contributed by atoms with E-state index in [-0.39, 0.29) is 17.9 Å². The molecule has 1 aliphatic rings. The van der Waals surface area contributed by atoms with Gasteiger partial charge < -0.3 is 4.74 Å². The van der Waals surface area contributed by atoms with E-state index in [2.05, 4.69) is 31.1 Å². The number of alkyl halides is 1. The lowest BCUT2D eigenvalue weighted by Crippen LogP contribution is -2.31. The van der Waals surface area contributed by atoms with E-state index in [1.54, 1.807) is 12.1 Å². The van der Waals surface area contributed by atoms with Crippen molar-refractivity contribution in [3.05, 3.63) is 46.8 Å². The highest BCUT2D eigenvalue weighted by Crippen LogP contribution is 2.40. The van der Waals surface area contributed by atoms with Gasteiger partial charge in [0.1, 0.15) is 11.3 Å². The Hall–Kier alpha value is -2.24. The zero-order chi connectivity index (χ0) is 22.9. The number of rotatable bonds is 5. The number of fused-ring (bicyclic) bond motifs is 1. The van der Waals surface area contributed by atoms with Crippen LogP contribution in [-0.2, 0) is 28.8 Å². The summed E-state index contributed by atoms with van der Waals surface area (Å²) in [6.45, 7) is 11.9. The van der Waals surface area contributed by atoms with Crippen LogP contribution in [0.15, 0.2) is 24.3 Å². The Balaban J connectivity index is 1.88. The minimum atomic E-state index is -1.56. The van der Waals surface area contributed by atoms with Gasteiger partial charge >= 0.3 is 5.97 Å². The van der Waals surface area contributed by atoms with Gasteiger partial charge in [-0.3, -0.25) is 0 Å². The van der Waals surface area contributed by atoms with Crippen molar-refractivity contribution < 1.29 is 13.9 Å². The summed E-state index contributed by atoms with van der Waals surface area (Å²) in [5.41, 5.74) is 0.420. The highest BCUT2D eigenvalue weighted by atomic mass is 19.1. The Labute approximate surface area is 185 Å². The first kappa shape index (κ1) is 23.4. The fourth-order valence-electron chi connectivity index (χ4n) is 4.09. The molecule has 5 nitrogen and oxygen atoms in total. The Kier molecular flexibility index (Phi) is 6.59. The molecule has 1 aromatic carbocycles. The van der Waals surface area contributed by atoms with Crippen LogP contribution in [0.2, 0.25) is 0 Å². The van der Waals surface area contributed by atoms with E-state index in [0.717, 1.165) is 43.4 Å². The minimum absolute atomic E-state index is 0.199. The number of hydrogen-bond donors (Lipinski definition) is 0. The third-order valence-electron chi connectivity index (χ3n) is 6.19. The van der Waals surface area contributed by atoms with Crippen LogP contribution in [0.5, 0.6) is 0 Å². The number of esters is 1. The number of benzene rings is 1. The summed E-state index contributed by atoms with van der Waals surface area (Å²) in [5.74, 6) is -0.369. The molecule has 0 spiro atoms. The number of carbonyl (C=O) groups is 1. The lowest BCUT2D eigenvalue weighted by Gasteiger charge is -2.30. The predicted octanol–water partition coefficient (Wildman–Crippen LogP) is 5.90. The molecule has 0 amide bonds. The van der Waals surface area contributed by atoms with Crippen molar-refractivity contribution in [3.8, 4) is 0 Å². The van der Waals surface area contributed by atoms with E-state index < -0.39 is 11.3 Å². The van der Waals surface area contributed by atoms with Gasteiger partial charge in [-0.1, -0.05) is 30.7 Å². The third-order valence-corrected chi connectivity index (χ3v) is 6.19. The summed E-state index contributed by atoms with van der Waals surface area (Å²) >= 11 is 0.